The number of rotatable bonds is 3. The van der Waals surface area contributed by atoms with Gasteiger partial charge in [-0.1, -0.05) is 0 Å². The number of nitriles is 1. The van der Waals surface area contributed by atoms with Crippen LogP contribution in [0.5, 0.6) is 0 Å². The molecule has 0 radical (unpaired) electrons. The Labute approximate surface area is 132 Å². The fourth-order valence-corrected chi connectivity index (χ4v) is 2.79. The number of nitrogens with one attached hydrogen (secondary N) is 2. The van der Waals surface area contributed by atoms with Crippen molar-refractivity contribution in [3.8, 4) is 6.07 Å². The van der Waals surface area contributed by atoms with Gasteiger partial charge in [0, 0.05) is 31.3 Å². The Morgan fingerprint density at radius 2 is 2.22 bits per heavy atom. The van der Waals surface area contributed by atoms with E-state index in [9.17, 15) is 4.79 Å². The van der Waals surface area contributed by atoms with Crippen LogP contribution in [0.2, 0.25) is 0 Å². The van der Waals surface area contributed by atoms with Crippen molar-refractivity contribution in [2.24, 2.45) is 0 Å². The summed E-state index contributed by atoms with van der Waals surface area (Å²) in [6, 6.07) is 7.35. The minimum absolute atomic E-state index is 0.283. The maximum atomic E-state index is 10.6. The number of aromatic amines is 1. The van der Waals surface area contributed by atoms with Crippen molar-refractivity contribution in [2.45, 2.75) is 18.8 Å². The van der Waals surface area contributed by atoms with Gasteiger partial charge in [0.05, 0.1) is 17.3 Å². The topological polar surface area (TPSA) is 118 Å². The van der Waals surface area contributed by atoms with Gasteiger partial charge in [-0.05, 0) is 25.0 Å². The number of piperidine rings is 1. The van der Waals surface area contributed by atoms with Gasteiger partial charge in [-0.3, -0.25) is 10.4 Å². The predicted octanol–water partition coefficient (Wildman–Crippen LogP) is 2.15. The number of aromatic nitrogens is 3. The molecule has 1 amide bonds. The van der Waals surface area contributed by atoms with Crippen LogP contribution in [0.4, 0.5) is 16.4 Å². The quantitative estimate of drug-likeness (QED) is 0.799. The molecule has 8 nitrogen and oxygen atoms in total. The van der Waals surface area contributed by atoms with E-state index in [1.807, 2.05) is 0 Å². The highest BCUT2D eigenvalue weighted by Crippen LogP contribution is 2.29. The smallest absolute Gasteiger partial charge is 0.410 e. The van der Waals surface area contributed by atoms with E-state index >= 15 is 0 Å². The predicted molar refractivity (Wildman–Crippen MR) is 83.4 cm³/mol. The molecule has 0 aromatic carbocycles. The van der Waals surface area contributed by atoms with E-state index in [2.05, 4.69) is 31.5 Å². The molecule has 1 saturated heterocycles. The number of hydrogen-bond acceptors (Lipinski definition) is 5. The molecule has 2 aromatic rings. The molecule has 0 saturated carbocycles. The van der Waals surface area contributed by atoms with Crippen molar-refractivity contribution in [3.05, 3.63) is 35.7 Å². The van der Waals surface area contributed by atoms with Crippen LogP contribution in [0.3, 0.4) is 0 Å². The first-order chi connectivity index (χ1) is 11.2. The summed E-state index contributed by atoms with van der Waals surface area (Å²) in [5.74, 6) is 1.49. The van der Waals surface area contributed by atoms with Crippen molar-refractivity contribution in [1.29, 1.82) is 5.26 Å². The number of hydrogen-bond donors (Lipinski definition) is 3. The van der Waals surface area contributed by atoms with E-state index in [1.54, 1.807) is 24.4 Å². The van der Waals surface area contributed by atoms with Gasteiger partial charge >= 0.3 is 6.09 Å². The highest BCUT2D eigenvalue weighted by molar-refractivity contribution is 5.81. The lowest BCUT2D eigenvalue weighted by atomic mass is 9.93. The van der Waals surface area contributed by atoms with E-state index in [4.69, 9.17) is 10.4 Å². The fourth-order valence-electron chi connectivity index (χ4n) is 2.79. The Hall–Kier alpha value is -3.08. The van der Waals surface area contributed by atoms with Crippen LogP contribution in [0, 0.1) is 11.3 Å². The maximum Gasteiger partial charge on any atom is 0.410 e. The SMILES string of the molecule is N#Cc1ccnc(N2CCC(c3cc(NC(=O)O)[nH]n3)CC2)c1. The first-order valence-electron chi connectivity index (χ1n) is 7.32. The molecule has 1 aliphatic heterocycles. The molecule has 0 atom stereocenters. The molecular weight excluding hydrogens is 296 g/mol. The maximum absolute atomic E-state index is 10.6. The van der Waals surface area contributed by atoms with Gasteiger partial charge in [0.25, 0.3) is 0 Å². The second-order valence-corrected chi connectivity index (χ2v) is 5.41. The van der Waals surface area contributed by atoms with E-state index in [0.717, 1.165) is 37.4 Å². The van der Waals surface area contributed by atoms with E-state index in [1.165, 1.54) is 0 Å². The van der Waals surface area contributed by atoms with Gasteiger partial charge in [-0.25, -0.2) is 9.78 Å². The second-order valence-electron chi connectivity index (χ2n) is 5.41. The number of pyridine rings is 1. The molecular formula is C15H16N6O2. The summed E-state index contributed by atoms with van der Waals surface area (Å²) in [5, 5.41) is 26.8. The Morgan fingerprint density at radius 3 is 2.91 bits per heavy atom. The van der Waals surface area contributed by atoms with Gasteiger partial charge in [-0.15, -0.1) is 0 Å². The highest BCUT2D eigenvalue weighted by Gasteiger charge is 2.23. The Bertz CT molecular complexity index is 742. The Morgan fingerprint density at radius 1 is 1.43 bits per heavy atom. The second kappa shape index (κ2) is 6.36. The van der Waals surface area contributed by atoms with Crippen molar-refractivity contribution in [1.82, 2.24) is 15.2 Å². The fraction of sp³-hybridized carbons (Fsp3) is 0.333. The number of carbonyl (C=O) groups is 1. The number of anilines is 2. The highest BCUT2D eigenvalue weighted by atomic mass is 16.4. The standard InChI is InChI=1S/C15H16N6O2/c16-9-10-1-4-17-14(7-10)21-5-2-11(3-6-21)12-8-13(20-19-12)18-15(22)23/h1,4,7-8,11H,2-3,5-6H2,(H,22,23)(H2,18,19,20). The van der Waals surface area contributed by atoms with Gasteiger partial charge in [0.15, 0.2) is 0 Å². The van der Waals surface area contributed by atoms with E-state index in [0.29, 0.717) is 11.4 Å². The monoisotopic (exact) mass is 312 g/mol. The summed E-state index contributed by atoms with van der Waals surface area (Å²) in [7, 11) is 0. The molecule has 3 N–H and O–H groups in total. The zero-order valence-electron chi connectivity index (χ0n) is 12.4. The zero-order valence-corrected chi connectivity index (χ0v) is 12.4. The third-order valence-electron chi connectivity index (χ3n) is 3.95. The minimum Gasteiger partial charge on any atom is -0.465 e. The molecule has 0 unspecified atom stereocenters. The summed E-state index contributed by atoms with van der Waals surface area (Å²) in [6.45, 7) is 1.64. The molecule has 0 aliphatic carbocycles. The molecule has 0 bridgehead atoms. The van der Waals surface area contributed by atoms with Crippen LogP contribution in [0.1, 0.15) is 30.0 Å². The summed E-state index contributed by atoms with van der Waals surface area (Å²) in [6.07, 6.45) is 2.34. The summed E-state index contributed by atoms with van der Waals surface area (Å²) in [4.78, 5) is 17.1. The molecule has 8 heteroatoms. The number of carboxylic acid groups (broad SMARTS) is 1. The van der Waals surface area contributed by atoms with Gasteiger partial charge in [0.1, 0.15) is 11.6 Å². The van der Waals surface area contributed by atoms with E-state index < -0.39 is 6.09 Å². The Kier molecular flexibility index (Phi) is 4.10. The van der Waals surface area contributed by atoms with Gasteiger partial charge < -0.3 is 10.0 Å². The van der Waals surface area contributed by atoms with Crippen LogP contribution in [-0.2, 0) is 0 Å². The van der Waals surface area contributed by atoms with Crippen LogP contribution in [0.25, 0.3) is 0 Å². The number of nitrogens with zero attached hydrogens (tertiary/aromatic N) is 4. The van der Waals surface area contributed by atoms with Crippen molar-refractivity contribution in [2.75, 3.05) is 23.3 Å². The third-order valence-corrected chi connectivity index (χ3v) is 3.95. The van der Waals surface area contributed by atoms with Crippen LogP contribution in [-0.4, -0.2) is 39.5 Å². The molecule has 118 valence electrons. The van der Waals surface area contributed by atoms with Crippen molar-refractivity contribution >= 4 is 17.7 Å². The lowest BCUT2D eigenvalue weighted by Crippen LogP contribution is -2.33. The molecule has 1 aliphatic rings. The largest absolute Gasteiger partial charge is 0.465 e. The molecule has 3 rings (SSSR count). The van der Waals surface area contributed by atoms with Crippen LogP contribution >= 0.6 is 0 Å². The third kappa shape index (κ3) is 3.40. The summed E-state index contributed by atoms with van der Waals surface area (Å²) in [5.41, 5.74) is 1.47. The van der Waals surface area contributed by atoms with Crippen molar-refractivity contribution in [3.63, 3.8) is 0 Å². The molecule has 3 heterocycles. The Balaban J connectivity index is 1.63. The molecule has 2 aromatic heterocycles. The zero-order chi connectivity index (χ0) is 16.2. The average Bonchev–Trinajstić information content (AvgIpc) is 3.03. The first-order valence-corrected chi connectivity index (χ1v) is 7.32. The lowest BCUT2D eigenvalue weighted by molar-refractivity contribution is 0.209. The first kappa shape index (κ1) is 14.8. The van der Waals surface area contributed by atoms with Crippen molar-refractivity contribution < 1.29 is 9.90 Å². The molecule has 1 fully saturated rings. The number of amides is 1. The average molecular weight is 312 g/mol. The number of H-pyrrole nitrogens is 1. The summed E-state index contributed by atoms with van der Waals surface area (Å²) < 4.78 is 0. The molecule has 0 spiro atoms. The minimum atomic E-state index is -1.11. The lowest BCUT2D eigenvalue weighted by Gasteiger charge is -2.32. The normalized spacial score (nSPS) is 15.2. The van der Waals surface area contributed by atoms with Gasteiger partial charge in [0.2, 0.25) is 0 Å². The van der Waals surface area contributed by atoms with Crippen LogP contribution in [0.15, 0.2) is 24.4 Å². The van der Waals surface area contributed by atoms with Crippen LogP contribution < -0.4 is 10.2 Å². The van der Waals surface area contributed by atoms with Gasteiger partial charge in [-0.2, -0.15) is 10.4 Å². The molecule has 23 heavy (non-hydrogen) atoms. The van der Waals surface area contributed by atoms with E-state index in [-0.39, 0.29) is 5.92 Å². The summed E-state index contributed by atoms with van der Waals surface area (Å²) >= 11 is 0.